The Bertz CT molecular complexity index is 499. The third kappa shape index (κ3) is 2.20. The highest BCUT2D eigenvalue weighted by atomic mass is 16.1. The van der Waals surface area contributed by atoms with Gasteiger partial charge in [-0.05, 0) is 6.92 Å². The lowest BCUT2D eigenvalue weighted by molar-refractivity contribution is -0.105. The van der Waals surface area contributed by atoms with E-state index in [1.807, 2.05) is 30.3 Å². The summed E-state index contributed by atoms with van der Waals surface area (Å²) in [7, 11) is 0. The minimum Gasteiger partial charge on any atom is -0.297 e. The molecule has 0 spiro atoms. The van der Waals surface area contributed by atoms with Crippen molar-refractivity contribution in [1.29, 1.82) is 0 Å². The van der Waals surface area contributed by atoms with Crippen LogP contribution >= 0.6 is 0 Å². The summed E-state index contributed by atoms with van der Waals surface area (Å²) in [6.45, 7) is 1.75. The number of nitrogens with one attached hydrogen (secondary N) is 1. The molecular formula is C11H10N4O. The molecule has 0 radical (unpaired) electrons. The van der Waals surface area contributed by atoms with Crippen LogP contribution in [0.4, 0.5) is 5.95 Å². The van der Waals surface area contributed by atoms with Crippen LogP contribution in [0.3, 0.4) is 0 Å². The fraction of sp³-hybridized carbons (Fsp3) is 0.0909. The zero-order chi connectivity index (χ0) is 11.4. The van der Waals surface area contributed by atoms with Crippen molar-refractivity contribution in [1.82, 2.24) is 15.0 Å². The summed E-state index contributed by atoms with van der Waals surface area (Å²) in [6, 6.07) is 9.53. The average Bonchev–Trinajstić information content (AvgIpc) is 2.30. The zero-order valence-corrected chi connectivity index (χ0v) is 8.71. The largest absolute Gasteiger partial charge is 0.297 e. The van der Waals surface area contributed by atoms with E-state index in [4.69, 9.17) is 0 Å². The van der Waals surface area contributed by atoms with Crippen molar-refractivity contribution in [2.45, 2.75) is 6.92 Å². The summed E-state index contributed by atoms with van der Waals surface area (Å²) in [6.07, 6.45) is 0.545. The first-order valence-electron chi connectivity index (χ1n) is 4.78. The number of carbonyl (C=O) groups is 1. The number of aryl methyl sites for hydroxylation is 1. The molecule has 0 aliphatic heterocycles. The molecule has 0 saturated heterocycles. The molecule has 1 amide bonds. The standard InChI is InChI=1S/C11H10N4O/c1-8-13-10(9-5-3-2-4-6-9)15-11(14-8)12-7-16/h2-7H,1H3,(H,12,13,14,15,16). The van der Waals surface area contributed by atoms with E-state index < -0.39 is 0 Å². The maximum absolute atomic E-state index is 10.3. The van der Waals surface area contributed by atoms with E-state index in [-0.39, 0.29) is 5.95 Å². The molecule has 0 aliphatic rings. The Morgan fingerprint density at radius 3 is 2.56 bits per heavy atom. The molecule has 2 rings (SSSR count). The van der Waals surface area contributed by atoms with E-state index in [2.05, 4.69) is 20.3 Å². The van der Waals surface area contributed by atoms with Gasteiger partial charge in [0.2, 0.25) is 12.4 Å². The van der Waals surface area contributed by atoms with E-state index in [0.29, 0.717) is 18.1 Å². The highest BCUT2D eigenvalue weighted by Crippen LogP contribution is 2.14. The second-order valence-electron chi connectivity index (χ2n) is 3.16. The van der Waals surface area contributed by atoms with Crippen molar-refractivity contribution in [2.24, 2.45) is 0 Å². The van der Waals surface area contributed by atoms with Crippen molar-refractivity contribution >= 4 is 12.4 Å². The first-order chi connectivity index (χ1) is 7.79. The predicted octanol–water partition coefficient (Wildman–Crippen LogP) is 1.42. The van der Waals surface area contributed by atoms with E-state index >= 15 is 0 Å². The van der Waals surface area contributed by atoms with Gasteiger partial charge in [-0.15, -0.1) is 0 Å². The Kier molecular flexibility index (Phi) is 2.86. The smallest absolute Gasteiger partial charge is 0.233 e. The normalized spacial score (nSPS) is 9.81. The van der Waals surface area contributed by atoms with Crippen LogP contribution in [-0.4, -0.2) is 21.4 Å². The van der Waals surface area contributed by atoms with Crippen LogP contribution in [0.1, 0.15) is 5.82 Å². The second-order valence-corrected chi connectivity index (χ2v) is 3.16. The molecule has 1 aromatic carbocycles. The summed E-state index contributed by atoms with van der Waals surface area (Å²) in [5.74, 6) is 1.39. The van der Waals surface area contributed by atoms with E-state index in [1.165, 1.54) is 0 Å². The van der Waals surface area contributed by atoms with Gasteiger partial charge in [0, 0.05) is 5.56 Å². The molecular weight excluding hydrogens is 204 g/mol. The highest BCUT2D eigenvalue weighted by Gasteiger charge is 2.04. The minimum atomic E-state index is 0.265. The number of hydrogen-bond acceptors (Lipinski definition) is 4. The van der Waals surface area contributed by atoms with E-state index in [9.17, 15) is 4.79 Å². The van der Waals surface area contributed by atoms with Gasteiger partial charge in [-0.25, -0.2) is 4.98 Å². The highest BCUT2D eigenvalue weighted by molar-refractivity contribution is 5.67. The zero-order valence-electron chi connectivity index (χ0n) is 8.71. The van der Waals surface area contributed by atoms with Crippen LogP contribution in [0.5, 0.6) is 0 Å². The Hall–Kier alpha value is -2.30. The second kappa shape index (κ2) is 4.48. The van der Waals surface area contributed by atoms with Crippen molar-refractivity contribution < 1.29 is 4.79 Å². The molecule has 0 aliphatic carbocycles. The number of benzene rings is 1. The molecule has 16 heavy (non-hydrogen) atoms. The number of rotatable bonds is 3. The fourth-order valence-corrected chi connectivity index (χ4v) is 1.32. The molecule has 0 saturated carbocycles. The van der Waals surface area contributed by atoms with Gasteiger partial charge in [0.25, 0.3) is 0 Å². The van der Waals surface area contributed by atoms with Crippen LogP contribution in [0.15, 0.2) is 30.3 Å². The Labute approximate surface area is 92.6 Å². The minimum absolute atomic E-state index is 0.265. The molecule has 1 N–H and O–H groups in total. The Morgan fingerprint density at radius 2 is 1.88 bits per heavy atom. The number of nitrogens with zero attached hydrogens (tertiary/aromatic N) is 3. The summed E-state index contributed by atoms with van der Waals surface area (Å²) in [5.41, 5.74) is 0.891. The first kappa shape index (κ1) is 10.2. The predicted molar refractivity (Wildman–Crippen MR) is 59.7 cm³/mol. The van der Waals surface area contributed by atoms with Crippen LogP contribution in [0.2, 0.25) is 0 Å². The van der Waals surface area contributed by atoms with Gasteiger partial charge in [0.1, 0.15) is 5.82 Å². The third-order valence-corrected chi connectivity index (χ3v) is 1.97. The molecule has 80 valence electrons. The van der Waals surface area contributed by atoms with Crippen molar-refractivity contribution in [3.05, 3.63) is 36.2 Å². The molecule has 2 aromatic rings. The average molecular weight is 214 g/mol. The van der Waals surface area contributed by atoms with Crippen molar-refractivity contribution in [2.75, 3.05) is 5.32 Å². The quantitative estimate of drug-likeness (QED) is 0.784. The molecule has 0 fully saturated rings. The molecule has 0 bridgehead atoms. The van der Waals surface area contributed by atoms with Crippen molar-refractivity contribution in [3.8, 4) is 11.4 Å². The molecule has 1 heterocycles. The van der Waals surface area contributed by atoms with Crippen molar-refractivity contribution in [3.63, 3.8) is 0 Å². The Balaban J connectivity index is 2.45. The number of anilines is 1. The number of amides is 1. The Morgan fingerprint density at radius 1 is 1.12 bits per heavy atom. The lowest BCUT2D eigenvalue weighted by Crippen LogP contribution is -2.04. The number of hydrogen-bond donors (Lipinski definition) is 1. The van der Waals surface area contributed by atoms with Gasteiger partial charge in [-0.3, -0.25) is 10.1 Å². The van der Waals surface area contributed by atoms with Gasteiger partial charge in [0.15, 0.2) is 5.82 Å². The maximum Gasteiger partial charge on any atom is 0.233 e. The molecule has 5 nitrogen and oxygen atoms in total. The van der Waals surface area contributed by atoms with Gasteiger partial charge < -0.3 is 0 Å². The van der Waals surface area contributed by atoms with Gasteiger partial charge in [-0.1, -0.05) is 30.3 Å². The van der Waals surface area contributed by atoms with E-state index in [1.54, 1.807) is 6.92 Å². The third-order valence-electron chi connectivity index (χ3n) is 1.97. The topological polar surface area (TPSA) is 67.8 Å². The monoisotopic (exact) mass is 214 g/mol. The lowest BCUT2D eigenvalue weighted by atomic mass is 10.2. The number of aromatic nitrogens is 3. The lowest BCUT2D eigenvalue weighted by Gasteiger charge is -2.03. The van der Waals surface area contributed by atoms with Crippen LogP contribution in [0.25, 0.3) is 11.4 Å². The molecule has 0 unspecified atom stereocenters. The fourth-order valence-electron chi connectivity index (χ4n) is 1.32. The molecule has 1 aromatic heterocycles. The van der Waals surface area contributed by atoms with Crippen LogP contribution < -0.4 is 5.32 Å². The van der Waals surface area contributed by atoms with Gasteiger partial charge >= 0.3 is 0 Å². The van der Waals surface area contributed by atoms with Gasteiger partial charge in [0.05, 0.1) is 0 Å². The molecule has 0 atom stereocenters. The van der Waals surface area contributed by atoms with Crippen LogP contribution in [0, 0.1) is 6.92 Å². The number of carbonyl (C=O) groups excluding carboxylic acids is 1. The SMILES string of the molecule is Cc1nc(NC=O)nc(-c2ccccc2)n1. The maximum atomic E-state index is 10.3. The summed E-state index contributed by atoms with van der Waals surface area (Å²) in [5, 5.41) is 2.42. The van der Waals surface area contributed by atoms with E-state index in [0.717, 1.165) is 5.56 Å². The van der Waals surface area contributed by atoms with Gasteiger partial charge in [-0.2, -0.15) is 9.97 Å². The summed E-state index contributed by atoms with van der Waals surface area (Å²) < 4.78 is 0. The van der Waals surface area contributed by atoms with Crippen LogP contribution in [-0.2, 0) is 4.79 Å². The first-order valence-corrected chi connectivity index (χ1v) is 4.78. The molecule has 5 heteroatoms. The summed E-state index contributed by atoms with van der Waals surface area (Å²) >= 11 is 0. The summed E-state index contributed by atoms with van der Waals surface area (Å²) in [4.78, 5) is 22.6.